The van der Waals surface area contributed by atoms with E-state index < -0.39 is 0 Å². The summed E-state index contributed by atoms with van der Waals surface area (Å²) < 4.78 is 0. The van der Waals surface area contributed by atoms with Crippen molar-refractivity contribution < 1.29 is 0 Å². The van der Waals surface area contributed by atoms with Crippen molar-refractivity contribution in [2.45, 2.75) is 16.0 Å². The second kappa shape index (κ2) is 9.92. The Morgan fingerprint density at radius 2 is 1.17 bits per heavy atom. The lowest BCUT2D eigenvalue weighted by atomic mass is 10.0. The highest BCUT2D eigenvalue weighted by atomic mass is 32.2. The van der Waals surface area contributed by atoms with Gasteiger partial charge in [-0.2, -0.15) is 0 Å². The standard InChI is InChI=1S/C37H27N3S/c1-3-12-26(13-4-1)27-22-23-34-36(25-27)41-35-21-10-9-20-33(35)39(34)30-17-11-14-28(24-30)37-38-31-18-7-8-19-32(31)40(37)29-15-5-2-6-16-29/h1-25,37-38H. The van der Waals surface area contributed by atoms with Gasteiger partial charge in [-0.25, -0.2) is 0 Å². The zero-order valence-corrected chi connectivity index (χ0v) is 23.1. The molecule has 4 heteroatoms. The third kappa shape index (κ3) is 4.16. The number of nitrogens with one attached hydrogen (secondary N) is 1. The third-order valence-electron chi connectivity index (χ3n) is 7.83. The molecule has 0 aromatic heterocycles. The fraction of sp³-hybridized carbons (Fsp3) is 0.0270. The first-order valence-electron chi connectivity index (χ1n) is 13.9. The van der Waals surface area contributed by atoms with Gasteiger partial charge in [-0.3, -0.25) is 0 Å². The number of anilines is 6. The summed E-state index contributed by atoms with van der Waals surface area (Å²) in [5.74, 6) is 0. The summed E-state index contributed by atoms with van der Waals surface area (Å²) in [7, 11) is 0. The molecule has 41 heavy (non-hydrogen) atoms. The van der Waals surface area contributed by atoms with E-state index in [9.17, 15) is 0 Å². The Hall–Kier alpha value is -4.93. The second-order valence-corrected chi connectivity index (χ2v) is 11.4. The van der Waals surface area contributed by atoms with E-state index >= 15 is 0 Å². The van der Waals surface area contributed by atoms with Crippen molar-refractivity contribution in [3.05, 3.63) is 157 Å². The monoisotopic (exact) mass is 545 g/mol. The van der Waals surface area contributed by atoms with Gasteiger partial charge < -0.3 is 15.1 Å². The smallest absolute Gasteiger partial charge is 0.130 e. The molecule has 0 aliphatic carbocycles. The molecule has 0 bridgehead atoms. The zero-order valence-electron chi connectivity index (χ0n) is 22.3. The van der Waals surface area contributed by atoms with Crippen molar-refractivity contribution in [3.8, 4) is 11.1 Å². The van der Waals surface area contributed by atoms with Gasteiger partial charge in [0.1, 0.15) is 6.17 Å². The van der Waals surface area contributed by atoms with Crippen LogP contribution in [0, 0.1) is 0 Å². The number of fused-ring (bicyclic) bond motifs is 3. The first-order chi connectivity index (χ1) is 20.3. The predicted molar refractivity (Wildman–Crippen MR) is 172 cm³/mol. The van der Waals surface area contributed by atoms with Crippen LogP contribution in [0.15, 0.2) is 161 Å². The number of para-hydroxylation sites is 4. The summed E-state index contributed by atoms with van der Waals surface area (Å²) in [6.07, 6.45) is -0.0240. The molecule has 1 atom stereocenters. The van der Waals surface area contributed by atoms with E-state index in [1.165, 1.54) is 49.2 Å². The minimum atomic E-state index is -0.0240. The number of benzene rings is 6. The average Bonchev–Trinajstić information content (AvgIpc) is 3.44. The lowest BCUT2D eigenvalue weighted by Crippen LogP contribution is -2.24. The van der Waals surface area contributed by atoms with Crippen LogP contribution in [0.2, 0.25) is 0 Å². The van der Waals surface area contributed by atoms with Crippen molar-refractivity contribution in [3.63, 3.8) is 0 Å². The number of hydrogen-bond acceptors (Lipinski definition) is 4. The van der Waals surface area contributed by atoms with Gasteiger partial charge in [0.05, 0.1) is 22.7 Å². The zero-order chi connectivity index (χ0) is 27.2. The van der Waals surface area contributed by atoms with Gasteiger partial charge in [-0.1, -0.05) is 103 Å². The summed E-state index contributed by atoms with van der Waals surface area (Å²) >= 11 is 1.85. The molecule has 0 saturated carbocycles. The molecule has 1 unspecified atom stereocenters. The fourth-order valence-electron chi connectivity index (χ4n) is 5.95. The molecule has 8 rings (SSSR count). The van der Waals surface area contributed by atoms with E-state index in [2.05, 4.69) is 167 Å². The van der Waals surface area contributed by atoms with Crippen LogP contribution >= 0.6 is 11.8 Å². The van der Waals surface area contributed by atoms with Crippen LogP contribution in [0.1, 0.15) is 11.7 Å². The van der Waals surface area contributed by atoms with Gasteiger partial charge in [0.2, 0.25) is 0 Å². The van der Waals surface area contributed by atoms with Crippen molar-refractivity contribution in [2.75, 3.05) is 15.1 Å². The Balaban J connectivity index is 1.24. The van der Waals surface area contributed by atoms with Crippen molar-refractivity contribution in [1.29, 1.82) is 0 Å². The Morgan fingerprint density at radius 1 is 0.488 bits per heavy atom. The van der Waals surface area contributed by atoms with E-state index in [4.69, 9.17) is 0 Å². The SMILES string of the molecule is c1ccc(-c2ccc3c(c2)Sc2ccccc2N3c2cccc(C3Nc4ccccc4N3c3ccccc3)c2)cc1. The Morgan fingerprint density at radius 3 is 2.02 bits per heavy atom. The van der Waals surface area contributed by atoms with E-state index in [-0.39, 0.29) is 6.17 Å². The molecular weight excluding hydrogens is 518 g/mol. The highest BCUT2D eigenvalue weighted by Crippen LogP contribution is 2.53. The summed E-state index contributed by atoms with van der Waals surface area (Å²) in [5, 5.41) is 3.80. The average molecular weight is 546 g/mol. The van der Waals surface area contributed by atoms with Crippen LogP contribution in [-0.2, 0) is 0 Å². The van der Waals surface area contributed by atoms with Gasteiger partial charge in [0.15, 0.2) is 0 Å². The molecule has 3 nitrogen and oxygen atoms in total. The summed E-state index contributed by atoms with van der Waals surface area (Å²) in [4.78, 5) is 7.32. The quantitative estimate of drug-likeness (QED) is 0.237. The maximum absolute atomic E-state index is 3.80. The highest BCUT2D eigenvalue weighted by Gasteiger charge is 2.32. The van der Waals surface area contributed by atoms with Gasteiger partial charge >= 0.3 is 0 Å². The first kappa shape index (κ1) is 23.9. The summed E-state index contributed by atoms with van der Waals surface area (Å²) in [5.41, 5.74) is 10.7. The van der Waals surface area contributed by atoms with Crippen molar-refractivity contribution >= 4 is 45.9 Å². The molecule has 196 valence electrons. The van der Waals surface area contributed by atoms with Crippen LogP contribution in [0.25, 0.3) is 11.1 Å². The third-order valence-corrected chi connectivity index (χ3v) is 8.94. The van der Waals surface area contributed by atoms with Gasteiger partial charge in [-0.05, 0) is 77.4 Å². The highest BCUT2D eigenvalue weighted by molar-refractivity contribution is 7.99. The largest absolute Gasteiger partial charge is 0.359 e. The molecule has 6 aromatic carbocycles. The molecule has 6 aromatic rings. The van der Waals surface area contributed by atoms with E-state index in [0.717, 1.165) is 11.4 Å². The fourth-order valence-corrected chi connectivity index (χ4v) is 7.04. The second-order valence-electron chi connectivity index (χ2n) is 10.3. The Bertz CT molecular complexity index is 1870. The van der Waals surface area contributed by atoms with Crippen LogP contribution < -0.4 is 15.1 Å². The molecule has 2 aliphatic heterocycles. The molecular formula is C37H27N3S. The minimum absolute atomic E-state index is 0.0240. The molecule has 2 heterocycles. The molecule has 0 fully saturated rings. The number of hydrogen-bond donors (Lipinski definition) is 1. The number of nitrogens with zero attached hydrogens (tertiary/aromatic N) is 2. The van der Waals surface area contributed by atoms with E-state index in [1.807, 2.05) is 11.8 Å². The Labute approximate surface area is 244 Å². The topological polar surface area (TPSA) is 18.5 Å². The predicted octanol–water partition coefficient (Wildman–Crippen LogP) is 10.6. The molecule has 0 spiro atoms. The summed E-state index contributed by atoms with van der Waals surface area (Å²) in [6, 6.07) is 54.3. The van der Waals surface area contributed by atoms with Crippen LogP contribution in [0.5, 0.6) is 0 Å². The van der Waals surface area contributed by atoms with Crippen LogP contribution in [0.4, 0.5) is 34.1 Å². The molecule has 0 radical (unpaired) electrons. The maximum Gasteiger partial charge on any atom is 0.130 e. The minimum Gasteiger partial charge on any atom is -0.359 e. The van der Waals surface area contributed by atoms with Crippen molar-refractivity contribution in [2.24, 2.45) is 0 Å². The van der Waals surface area contributed by atoms with E-state index in [1.54, 1.807) is 0 Å². The molecule has 0 saturated heterocycles. The van der Waals surface area contributed by atoms with Crippen molar-refractivity contribution in [1.82, 2.24) is 0 Å². The maximum atomic E-state index is 3.80. The van der Waals surface area contributed by atoms with E-state index in [0.29, 0.717) is 0 Å². The number of rotatable bonds is 4. The molecule has 2 aliphatic rings. The Kier molecular flexibility index (Phi) is 5.78. The van der Waals surface area contributed by atoms with Gasteiger partial charge in [0.25, 0.3) is 0 Å². The molecule has 1 N–H and O–H groups in total. The first-order valence-corrected chi connectivity index (χ1v) is 14.7. The lowest BCUT2D eigenvalue weighted by molar-refractivity contribution is 0.828. The normalized spacial score (nSPS) is 15.1. The van der Waals surface area contributed by atoms with Crippen LogP contribution in [0.3, 0.4) is 0 Å². The molecule has 0 amide bonds. The lowest BCUT2D eigenvalue weighted by Gasteiger charge is -2.34. The van der Waals surface area contributed by atoms with Gasteiger partial charge in [0, 0.05) is 21.2 Å². The van der Waals surface area contributed by atoms with Gasteiger partial charge in [-0.15, -0.1) is 0 Å². The van der Waals surface area contributed by atoms with Crippen LogP contribution in [-0.4, -0.2) is 0 Å². The summed E-state index contributed by atoms with van der Waals surface area (Å²) in [6.45, 7) is 0.